The fraction of sp³-hybridized carbons (Fsp3) is 1.00. The van der Waals surface area contributed by atoms with Crippen molar-refractivity contribution in [1.82, 2.24) is 0 Å². The Labute approximate surface area is 90.6 Å². The summed E-state index contributed by atoms with van der Waals surface area (Å²) >= 11 is 1.29. The molecule has 0 aliphatic rings. The van der Waals surface area contributed by atoms with E-state index in [1.807, 2.05) is 13.8 Å². The molecular weight excluding hydrogens is 221 g/mol. The van der Waals surface area contributed by atoms with Gasteiger partial charge in [0.05, 0.1) is 39.6 Å². The van der Waals surface area contributed by atoms with Crippen LogP contribution < -0.4 is 4.90 Å². The largest absolute Gasteiger partial charge is 0.389 e. The summed E-state index contributed by atoms with van der Waals surface area (Å²) < 4.78 is 22.2. The lowest BCUT2D eigenvalue weighted by atomic mass is 10.7. The minimum Gasteiger partial charge on any atom is -0.339 e. The Balaban J connectivity index is 3.90. The van der Waals surface area contributed by atoms with Crippen molar-refractivity contribution >= 4 is 18.2 Å². The lowest BCUT2D eigenvalue weighted by Gasteiger charge is -2.16. The van der Waals surface area contributed by atoms with Crippen molar-refractivity contribution in [1.29, 1.82) is 0 Å². The Morgan fingerprint density at radius 2 is 1.71 bits per heavy atom. The van der Waals surface area contributed by atoms with Crippen LogP contribution >= 0.6 is 18.2 Å². The Morgan fingerprint density at radius 3 is 2.07 bits per heavy atom. The highest BCUT2D eigenvalue weighted by molar-refractivity contribution is 8.55. The van der Waals surface area contributed by atoms with Crippen LogP contribution in [0.3, 0.4) is 0 Å². The maximum atomic E-state index is 11.9. The minimum absolute atomic E-state index is 0.430. The van der Waals surface area contributed by atoms with Crippen molar-refractivity contribution in [3.8, 4) is 0 Å². The average molecular weight is 242 g/mol. The van der Waals surface area contributed by atoms with Gasteiger partial charge in [-0.15, -0.1) is 0 Å². The average Bonchev–Trinajstić information content (AvgIpc) is 2.03. The molecule has 4 nitrogen and oxygen atoms in total. The lowest BCUT2D eigenvalue weighted by Crippen LogP contribution is -3.06. The second-order valence-electron chi connectivity index (χ2n) is 3.07. The first-order valence-electron chi connectivity index (χ1n) is 4.86. The topological polar surface area (TPSA) is 40.0 Å². The molecule has 86 valence electrons. The van der Waals surface area contributed by atoms with E-state index in [1.54, 1.807) is 0 Å². The van der Waals surface area contributed by atoms with Gasteiger partial charge in [0.2, 0.25) is 0 Å². The van der Waals surface area contributed by atoms with Gasteiger partial charge < -0.3 is 13.9 Å². The first kappa shape index (κ1) is 14.5. The van der Waals surface area contributed by atoms with Crippen LogP contribution in [0.25, 0.3) is 0 Å². The molecule has 0 aromatic rings. The fourth-order valence-corrected chi connectivity index (χ4v) is 4.39. The Morgan fingerprint density at radius 1 is 1.21 bits per heavy atom. The van der Waals surface area contributed by atoms with E-state index in [9.17, 15) is 4.57 Å². The van der Waals surface area contributed by atoms with E-state index in [-0.39, 0.29) is 0 Å². The zero-order chi connectivity index (χ0) is 11.0. The van der Waals surface area contributed by atoms with Gasteiger partial charge in [0.1, 0.15) is 0 Å². The molecule has 14 heavy (non-hydrogen) atoms. The van der Waals surface area contributed by atoms with Crippen molar-refractivity contribution in [2.75, 3.05) is 39.6 Å². The molecular formula is C8H21NO3PS+. The summed E-state index contributed by atoms with van der Waals surface area (Å²) in [6.07, 6.45) is 0. The molecule has 0 saturated heterocycles. The fourth-order valence-electron chi connectivity index (χ4n) is 0.790. The van der Waals surface area contributed by atoms with Gasteiger partial charge in [0.15, 0.2) is 0 Å². The van der Waals surface area contributed by atoms with E-state index in [0.29, 0.717) is 13.2 Å². The molecule has 0 aliphatic heterocycles. The number of rotatable bonds is 8. The maximum absolute atomic E-state index is 11.9. The quantitative estimate of drug-likeness (QED) is 0.646. The zero-order valence-electron chi connectivity index (χ0n) is 9.41. The van der Waals surface area contributed by atoms with Crippen LogP contribution in [0.5, 0.6) is 0 Å². The van der Waals surface area contributed by atoms with Crippen LogP contribution in [-0.4, -0.2) is 39.6 Å². The van der Waals surface area contributed by atoms with Crippen molar-refractivity contribution in [3.05, 3.63) is 0 Å². The monoisotopic (exact) mass is 242 g/mol. The molecule has 0 fully saturated rings. The van der Waals surface area contributed by atoms with Gasteiger partial charge in [-0.05, 0) is 25.2 Å². The van der Waals surface area contributed by atoms with E-state index in [1.165, 1.54) is 16.3 Å². The summed E-state index contributed by atoms with van der Waals surface area (Å²) in [6, 6.07) is 0. The third-order valence-corrected chi connectivity index (χ3v) is 5.41. The highest BCUT2D eigenvalue weighted by Gasteiger charge is 2.24. The summed E-state index contributed by atoms with van der Waals surface area (Å²) in [5.74, 6) is 0.791. The highest BCUT2D eigenvalue weighted by atomic mass is 32.7. The van der Waals surface area contributed by atoms with Crippen molar-refractivity contribution in [2.24, 2.45) is 0 Å². The molecule has 0 aliphatic carbocycles. The third kappa shape index (κ3) is 6.85. The zero-order valence-corrected chi connectivity index (χ0v) is 11.1. The van der Waals surface area contributed by atoms with Gasteiger partial charge in [-0.1, -0.05) is 0 Å². The van der Waals surface area contributed by atoms with E-state index < -0.39 is 6.80 Å². The first-order valence-corrected chi connectivity index (χ1v) is 8.00. The molecule has 6 heteroatoms. The normalized spacial score (nSPS) is 12.4. The second-order valence-corrected chi connectivity index (χ2v) is 7.27. The molecule has 0 amide bonds. The molecule has 0 aromatic heterocycles. The molecule has 0 heterocycles. The Hall–Kier alpha value is 0.460. The summed E-state index contributed by atoms with van der Waals surface area (Å²) in [5.41, 5.74) is 0. The van der Waals surface area contributed by atoms with Gasteiger partial charge in [-0.2, -0.15) is 0 Å². The summed E-state index contributed by atoms with van der Waals surface area (Å²) in [5, 5.41) is 0. The van der Waals surface area contributed by atoms with Crippen molar-refractivity contribution in [2.45, 2.75) is 13.8 Å². The number of nitrogens with one attached hydrogen (secondary N) is 1. The molecule has 0 aromatic carbocycles. The minimum atomic E-state index is -2.87. The third-order valence-electron chi connectivity index (χ3n) is 1.43. The van der Waals surface area contributed by atoms with Gasteiger partial charge in [-0.3, -0.25) is 0 Å². The molecule has 0 rings (SSSR count). The Kier molecular flexibility index (Phi) is 7.97. The number of quaternary nitrogens is 1. The molecule has 0 saturated carbocycles. The molecule has 1 N–H and O–H groups in total. The predicted octanol–water partition coefficient (Wildman–Crippen LogP) is 1.05. The summed E-state index contributed by atoms with van der Waals surface area (Å²) in [7, 11) is 4.12. The lowest BCUT2D eigenvalue weighted by molar-refractivity contribution is -0.855. The van der Waals surface area contributed by atoms with Crippen LogP contribution in [0.1, 0.15) is 13.8 Å². The maximum Gasteiger partial charge on any atom is 0.389 e. The standard InChI is InChI=1S/C8H20NO3PS/c1-5-11-13(10,12-6-2)14-8-7-9(3)4/h5-8H2,1-4H3/p+1. The number of hydrogen-bond donors (Lipinski definition) is 1. The van der Waals surface area contributed by atoms with Crippen molar-refractivity contribution < 1.29 is 18.5 Å². The molecule has 0 spiro atoms. The molecule has 0 radical (unpaired) electrons. The predicted molar refractivity (Wildman–Crippen MR) is 61.0 cm³/mol. The van der Waals surface area contributed by atoms with Gasteiger partial charge in [0.25, 0.3) is 0 Å². The van der Waals surface area contributed by atoms with Gasteiger partial charge >= 0.3 is 6.80 Å². The van der Waals surface area contributed by atoms with E-state index >= 15 is 0 Å². The molecule has 0 unspecified atom stereocenters. The number of hydrogen-bond acceptors (Lipinski definition) is 4. The Bertz CT molecular complexity index is 179. The van der Waals surface area contributed by atoms with Crippen LogP contribution in [0.2, 0.25) is 0 Å². The van der Waals surface area contributed by atoms with E-state index in [2.05, 4.69) is 14.1 Å². The molecule has 0 bridgehead atoms. The SMILES string of the molecule is CCOP(=O)(OCC)SCC[NH+](C)C. The van der Waals surface area contributed by atoms with E-state index in [4.69, 9.17) is 9.05 Å². The van der Waals surface area contributed by atoms with Crippen LogP contribution in [-0.2, 0) is 13.6 Å². The van der Waals surface area contributed by atoms with Gasteiger partial charge in [0, 0.05) is 0 Å². The summed E-state index contributed by atoms with van der Waals surface area (Å²) in [6.45, 7) is 2.59. The van der Waals surface area contributed by atoms with Crippen LogP contribution in [0, 0.1) is 0 Å². The molecule has 0 atom stereocenters. The van der Waals surface area contributed by atoms with Crippen LogP contribution in [0.4, 0.5) is 0 Å². The smallest absolute Gasteiger partial charge is 0.339 e. The summed E-state index contributed by atoms with van der Waals surface area (Å²) in [4.78, 5) is 1.33. The first-order chi connectivity index (χ1) is 6.54. The second kappa shape index (κ2) is 7.71. The van der Waals surface area contributed by atoms with E-state index in [0.717, 1.165) is 12.3 Å². The van der Waals surface area contributed by atoms with Gasteiger partial charge in [-0.25, -0.2) is 4.57 Å². The van der Waals surface area contributed by atoms with Crippen molar-refractivity contribution in [3.63, 3.8) is 0 Å². The highest BCUT2D eigenvalue weighted by Crippen LogP contribution is 2.60. The van der Waals surface area contributed by atoms with Crippen LogP contribution in [0.15, 0.2) is 0 Å².